The van der Waals surface area contributed by atoms with E-state index in [1.807, 2.05) is 30.5 Å². The number of carbonyl (C=O) groups excluding carboxylic acids is 1. The number of carbonyl (C=O) groups is 1. The SMILES string of the molecule is CSCCC(NC(=O)Cn1c(=O)oc2ccccc21)c1nc2ccccc2[nH]1. The highest BCUT2D eigenvalue weighted by molar-refractivity contribution is 7.98. The number of nitrogens with one attached hydrogen (secondary N) is 2. The highest BCUT2D eigenvalue weighted by Gasteiger charge is 2.20. The number of oxazole rings is 1. The highest BCUT2D eigenvalue weighted by atomic mass is 32.2. The van der Waals surface area contributed by atoms with Crippen LogP contribution in [0.15, 0.2) is 57.7 Å². The van der Waals surface area contributed by atoms with Crippen LogP contribution in [0.3, 0.4) is 0 Å². The van der Waals surface area contributed by atoms with Crippen molar-refractivity contribution < 1.29 is 9.21 Å². The third-order valence-electron chi connectivity index (χ3n) is 4.56. The highest BCUT2D eigenvalue weighted by Crippen LogP contribution is 2.20. The van der Waals surface area contributed by atoms with Crippen LogP contribution in [0.4, 0.5) is 0 Å². The lowest BCUT2D eigenvalue weighted by atomic mass is 10.2. The summed E-state index contributed by atoms with van der Waals surface area (Å²) in [4.78, 5) is 32.7. The summed E-state index contributed by atoms with van der Waals surface area (Å²) < 4.78 is 6.54. The zero-order valence-electron chi connectivity index (χ0n) is 15.3. The minimum Gasteiger partial charge on any atom is -0.408 e. The normalized spacial score (nSPS) is 12.5. The van der Waals surface area contributed by atoms with Crippen LogP contribution in [-0.4, -0.2) is 32.5 Å². The molecule has 4 rings (SSSR count). The average Bonchev–Trinajstić information content (AvgIpc) is 3.26. The van der Waals surface area contributed by atoms with Crippen LogP contribution in [0.2, 0.25) is 0 Å². The second-order valence-corrected chi connectivity index (χ2v) is 7.45. The Kier molecular flexibility index (Phi) is 5.21. The second-order valence-electron chi connectivity index (χ2n) is 6.46. The zero-order valence-corrected chi connectivity index (χ0v) is 16.2. The fourth-order valence-corrected chi connectivity index (χ4v) is 3.67. The predicted octanol–water partition coefficient (Wildman–Crippen LogP) is 3.08. The van der Waals surface area contributed by atoms with E-state index >= 15 is 0 Å². The van der Waals surface area contributed by atoms with Crippen molar-refractivity contribution in [2.24, 2.45) is 0 Å². The van der Waals surface area contributed by atoms with Gasteiger partial charge >= 0.3 is 5.76 Å². The molecule has 0 aliphatic heterocycles. The number of aromatic amines is 1. The molecule has 0 fully saturated rings. The number of fused-ring (bicyclic) bond motifs is 2. The summed E-state index contributed by atoms with van der Waals surface area (Å²) in [5.74, 6) is 0.783. The Morgan fingerprint density at radius 1 is 1.25 bits per heavy atom. The molecule has 0 aliphatic carbocycles. The minimum absolute atomic E-state index is 0.105. The van der Waals surface area contributed by atoms with Gasteiger partial charge in [-0.05, 0) is 42.7 Å². The third kappa shape index (κ3) is 3.68. The van der Waals surface area contributed by atoms with E-state index in [9.17, 15) is 9.59 Å². The van der Waals surface area contributed by atoms with E-state index in [-0.39, 0.29) is 18.5 Å². The average molecular weight is 396 g/mol. The molecule has 1 amide bonds. The maximum atomic E-state index is 12.7. The number of H-pyrrole nitrogens is 1. The summed E-state index contributed by atoms with van der Waals surface area (Å²) in [6, 6.07) is 14.6. The fraction of sp³-hybridized carbons (Fsp3) is 0.250. The summed E-state index contributed by atoms with van der Waals surface area (Å²) in [7, 11) is 0. The van der Waals surface area contributed by atoms with E-state index in [4.69, 9.17) is 4.42 Å². The molecule has 0 spiro atoms. The molecule has 2 heterocycles. The number of hydrogen-bond donors (Lipinski definition) is 2. The van der Waals surface area contributed by atoms with Crippen LogP contribution in [0.25, 0.3) is 22.1 Å². The number of para-hydroxylation sites is 4. The lowest BCUT2D eigenvalue weighted by Gasteiger charge is -2.16. The van der Waals surface area contributed by atoms with Gasteiger partial charge in [0.05, 0.1) is 22.6 Å². The lowest BCUT2D eigenvalue weighted by Crippen LogP contribution is -2.34. The molecule has 4 aromatic rings. The number of aromatic nitrogens is 3. The first-order valence-electron chi connectivity index (χ1n) is 8.97. The van der Waals surface area contributed by atoms with Gasteiger partial charge in [-0.15, -0.1) is 0 Å². The summed E-state index contributed by atoms with van der Waals surface area (Å²) in [6.45, 7) is -0.105. The van der Waals surface area contributed by atoms with Crippen LogP contribution in [-0.2, 0) is 11.3 Å². The Labute approximate surface area is 165 Å². The third-order valence-corrected chi connectivity index (χ3v) is 5.20. The summed E-state index contributed by atoms with van der Waals surface area (Å²) in [6.07, 6.45) is 2.75. The van der Waals surface area contributed by atoms with E-state index < -0.39 is 5.76 Å². The van der Waals surface area contributed by atoms with Crippen molar-refractivity contribution in [1.29, 1.82) is 0 Å². The van der Waals surface area contributed by atoms with Crippen molar-refractivity contribution in [3.05, 3.63) is 64.9 Å². The number of hydrogen-bond acceptors (Lipinski definition) is 5. The number of rotatable bonds is 7. The molecule has 0 bridgehead atoms. The van der Waals surface area contributed by atoms with E-state index in [1.165, 1.54) is 4.57 Å². The zero-order chi connectivity index (χ0) is 19.5. The molecular weight excluding hydrogens is 376 g/mol. The summed E-state index contributed by atoms with van der Waals surface area (Å²) in [5.41, 5.74) is 2.86. The molecule has 1 unspecified atom stereocenters. The number of thioether (sulfide) groups is 1. The molecule has 144 valence electrons. The molecule has 8 heteroatoms. The number of amides is 1. The van der Waals surface area contributed by atoms with Crippen LogP contribution in [0.1, 0.15) is 18.3 Å². The fourth-order valence-electron chi connectivity index (χ4n) is 3.20. The van der Waals surface area contributed by atoms with Crippen molar-refractivity contribution >= 4 is 39.8 Å². The van der Waals surface area contributed by atoms with E-state index in [0.717, 1.165) is 23.2 Å². The Morgan fingerprint density at radius 2 is 2.04 bits per heavy atom. The van der Waals surface area contributed by atoms with Crippen molar-refractivity contribution in [2.75, 3.05) is 12.0 Å². The molecular formula is C20H20N4O3S. The maximum absolute atomic E-state index is 12.7. The number of benzene rings is 2. The van der Waals surface area contributed by atoms with Gasteiger partial charge in [0, 0.05) is 0 Å². The largest absolute Gasteiger partial charge is 0.420 e. The van der Waals surface area contributed by atoms with E-state index in [0.29, 0.717) is 16.9 Å². The van der Waals surface area contributed by atoms with Crippen molar-refractivity contribution in [3.63, 3.8) is 0 Å². The number of imidazole rings is 1. The van der Waals surface area contributed by atoms with E-state index in [2.05, 4.69) is 15.3 Å². The first-order valence-corrected chi connectivity index (χ1v) is 10.4. The van der Waals surface area contributed by atoms with Gasteiger partial charge in [0.25, 0.3) is 0 Å². The smallest absolute Gasteiger partial charge is 0.408 e. The first-order chi connectivity index (χ1) is 13.7. The predicted molar refractivity (Wildman–Crippen MR) is 110 cm³/mol. The van der Waals surface area contributed by atoms with Crippen molar-refractivity contribution in [2.45, 2.75) is 19.0 Å². The molecule has 2 aromatic carbocycles. The molecule has 1 atom stereocenters. The lowest BCUT2D eigenvalue weighted by molar-refractivity contribution is -0.122. The molecule has 2 aromatic heterocycles. The molecule has 2 N–H and O–H groups in total. The molecule has 7 nitrogen and oxygen atoms in total. The van der Waals surface area contributed by atoms with Crippen LogP contribution in [0, 0.1) is 0 Å². The Morgan fingerprint density at radius 3 is 2.86 bits per heavy atom. The summed E-state index contributed by atoms with van der Waals surface area (Å²) >= 11 is 1.71. The molecule has 0 radical (unpaired) electrons. The van der Waals surface area contributed by atoms with Crippen LogP contribution >= 0.6 is 11.8 Å². The van der Waals surface area contributed by atoms with Gasteiger partial charge in [0.15, 0.2) is 5.58 Å². The van der Waals surface area contributed by atoms with Crippen LogP contribution in [0.5, 0.6) is 0 Å². The molecule has 0 aliphatic rings. The maximum Gasteiger partial charge on any atom is 0.420 e. The van der Waals surface area contributed by atoms with Gasteiger partial charge in [0.1, 0.15) is 12.4 Å². The minimum atomic E-state index is -0.541. The molecule has 0 saturated carbocycles. The summed E-state index contributed by atoms with van der Waals surface area (Å²) in [5, 5.41) is 3.01. The number of nitrogens with zero attached hydrogens (tertiary/aromatic N) is 2. The van der Waals surface area contributed by atoms with Gasteiger partial charge in [-0.3, -0.25) is 9.36 Å². The van der Waals surface area contributed by atoms with E-state index in [1.54, 1.807) is 36.0 Å². The Balaban J connectivity index is 1.56. The van der Waals surface area contributed by atoms with Crippen molar-refractivity contribution in [3.8, 4) is 0 Å². The second kappa shape index (κ2) is 7.93. The van der Waals surface area contributed by atoms with Gasteiger partial charge in [0.2, 0.25) is 5.91 Å². The Bertz CT molecular complexity index is 1140. The van der Waals surface area contributed by atoms with Crippen LogP contribution < -0.4 is 11.1 Å². The van der Waals surface area contributed by atoms with Gasteiger partial charge in [-0.1, -0.05) is 24.3 Å². The quantitative estimate of drug-likeness (QED) is 0.501. The molecule has 0 saturated heterocycles. The van der Waals surface area contributed by atoms with Gasteiger partial charge < -0.3 is 14.7 Å². The standard InChI is InChI=1S/C20H20N4O3S/c1-28-11-10-15(19-22-13-6-2-3-7-14(13)23-19)21-18(25)12-24-16-8-4-5-9-17(16)27-20(24)26/h2-9,15H,10-12H2,1H3,(H,21,25)(H,22,23). The van der Waals surface area contributed by atoms with Gasteiger partial charge in [-0.25, -0.2) is 9.78 Å². The van der Waals surface area contributed by atoms with Gasteiger partial charge in [-0.2, -0.15) is 11.8 Å². The topological polar surface area (TPSA) is 92.9 Å². The Hall–Kier alpha value is -3.00. The molecule has 28 heavy (non-hydrogen) atoms. The van der Waals surface area contributed by atoms with Crippen molar-refractivity contribution in [1.82, 2.24) is 19.9 Å². The first kappa shape index (κ1) is 18.4. The monoisotopic (exact) mass is 396 g/mol.